The van der Waals surface area contributed by atoms with Crippen LogP contribution in [0.25, 0.3) is 0 Å². The molecule has 0 aliphatic carbocycles. The van der Waals surface area contributed by atoms with Crippen LogP contribution in [0.3, 0.4) is 0 Å². The molecule has 78 valence electrons. The van der Waals surface area contributed by atoms with E-state index in [0.717, 1.165) is 25.4 Å². The smallest absolute Gasteiger partial charge is 0.117 e. The summed E-state index contributed by atoms with van der Waals surface area (Å²) in [6.45, 7) is 5.12. The third-order valence-electron chi connectivity index (χ3n) is 3.29. The van der Waals surface area contributed by atoms with Gasteiger partial charge in [-0.15, -0.1) is 0 Å². The van der Waals surface area contributed by atoms with Gasteiger partial charge >= 0.3 is 0 Å². The van der Waals surface area contributed by atoms with Crippen molar-refractivity contribution in [3.8, 4) is 0 Å². The lowest BCUT2D eigenvalue weighted by atomic mass is 10.0. The summed E-state index contributed by atoms with van der Waals surface area (Å²) in [6, 6.07) is 4.56. The summed E-state index contributed by atoms with van der Waals surface area (Å²) >= 11 is 0. The average molecular weight is 194 g/mol. The van der Waals surface area contributed by atoms with E-state index in [1.54, 1.807) is 6.26 Å². The van der Waals surface area contributed by atoms with Crippen molar-refractivity contribution >= 4 is 0 Å². The molecule has 1 saturated heterocycles. The number of likely N-dealkylation sites (tertiary alicyclic amines) is 1. The van der Waals surface area contributed by atoms with E-state index in [4.69, 9.17) is 10.2 Å². The minimum atomic E-state index is 0.588. The van der Waals surface area contributed by atoms with Crippen LogP contribution in [0.1, 0.15) is 19.1 Å². The van der Waals surface area contributed by atoms with E-state index in [1.165, 1.54) is 6.42 Å². The van der Waals surface area contributed by atoms with Crippen molar-refractivity contribution in [1.82, 2.24) is 4.90 Å². The first-order valence-corrected chi connectivity index (χ1v) is 5.27. The number of nitrogens with two attached hydrogens (primary N) is 1. The molecule has 2 atom stereocenters. The monoisotopic (exact) mass is 194 g/mol. The predicted octanol–water partition coefficient (Wildman–Crippen LogP) is 1.45. The first-order valence-electron chi connectivity index (χ1n) is 5.27. The third kappa shape index (κ3) is 1.83. The second-order valence-corrected chi connectivity index (χ2v) is 4.07. The maximum atomic E-state index is 5.71. The fraction of sp³-hybridized carbons (Fsp3) is 0.636. The van der Waals surface area contributed by atoms with Gasteiger partial charge in [-0.1, -0.05) is 0 Å². The first kappa shape index (κ1) is 9.74. The van der Waals surface area contributed by atoms with Gasteiger partial charge in [0.25, 0.3) is 0 Å². The lowest BCUT2D eigenvalue weighted by Gasteiger charge is -2.22. The van der Waals surface area contributed by atoms with Crippen LogP contribution in [-0.2, 0) is 6.54 Å². The molecule has 2 unspecified atom stereocenters. The largest absolute Gasteiger partial charge is 0.468 e. The van der Waals surface area contributed by atoms with Crippen molar-refractivity contribution in [3.63, 3.8) is 0 Å². The zero-order valence-corrected chi connectivity index (χ0v) is 8.65. The Hall–Kier alpha value is -0.800. The molecule has 0 spiro atoms. The Kier molecular flexibility index (Phi) is 2.89. The first-order chi connectivity index (χ1) is 6.81. The molecule has 0 bridgehead atoms. The molecule has 1 fully saturated rings. The van der Waals surface area contributed by atoms with Gasteiger partial charge in [0.2, 0.25) is 0 Å². The minimum Gasteiger partial charge on any atom is -0.468 e. The van der Waals surface area contributed by atoms with Crippen LogP contribution in [0.15, 0.2) is 22.8 Å². The molecule has 1 aliphatic heterocycles. The fourth-order valence-electron chi connectivity index (χ4n) is 2.22. The molecule has 3 heteroatoms. The number of hydrogen-bond acceptors (Lipinski definition) is 3. The summed E-state index contributed by atoms with van der Waals surface area (Å²) in [7, 11) is 0. The summed E-state index contributed by atoms with van der Waals surface area (Å²) in [6.07, 6.45) is 2.95. The van der Waals surface area contributed by atoms with Gasteiger partial charge in [-0.2, -0.15) is 0 Å². The van der Waals surface area contributed by atoms with Crippen LogP contribution in [-0.4, -0.2) is 24.0 Å². The molecule has 2 heterocycles. The maximum absolute atomic E-state index is 5.71. The van der Waals surface area contributed by atoms with Gasteiger partial charge in [-0.05, 0) is 44.5 Å². The van der Waals surface area contributed by atoms with Crippen molar-refractivity contribution in [2.24, 2.45) is 11.7 Å². The molecule has 14 heavy (non-hydrogen) atoms. The van der Waals surface area contributed by atoms with Crippen molar-refractivity contribution in [2.45, 2.75) is 25.9 Å². The van der Waals surface area contributed by atoms with E-state index >= 15 is 0 Å². The highest BCUT2D eigenvalue weighted by atomic mass is 16.3. The number of nitrogens with zero attached hydrogens (tertiary/aromatic N) is 1. The predicted molar refractivity (Wildman–Crippen MR) is 55.7 cm³/mol. The Balaban J connectivity index is 1.94. The van der Waals surface area contributed by atoms with Crippen molar-refractivity contribution in [1.29, 1.82) is 0 Å². The summed E-state index contributed by atoms with van der Waals surface area (Å²) in [5.74, 6) is 1.71. The van der Waals surface area contributed by atoms with E-state index in [2.05, 4.69) is 11.8 Å². The molecule has 2 rings (SSSR count). The second-order valence-electron chi connectivity index (χ2n) is 4.07. The van der Waals surface area contributed by atoms with E-state index in [1.807, 2.05) is 12.1 Å². The van der Waals surface area contributed by atoms with E-state index in [-0.39, 0.29) is 0 Å². The molecule has 1 aliphatic rings. The van der Waals surface area contributed by atoms with Gasteiger partial charge in [-0.25, -0.2) is 0 Å². The zero-order valence-electron chi connectivity index (χ0n) is 8.65. The highest BCUT2D eigenvalue weighted by Crippen LogP contribution is 2.24. The molecule has 3 nitrogen and oxygen atoms in total. The zero-order chi connectivity index (χ0) is 9.97. The summed E-state index contributed by atoms with van der Waals surface area (Å²) < 4.78 is 5.34. The minimum absolute atomic E-state index is 0.588. The highest BCUT2D eigenvalue weighted by molar-refractivity contribution is 4.99. The average Bonchev–Trinajstić information content (AvgIpc) is 2.79. The third-order valence-corrected chi connectivity index (χ3v) is 3.29. The van der Waals surface area contributed by atoms with Crippen LogP contribution >= 0.6 is 0 Å². The standard InChI is InChI=1S/C11H18N2O/c1-9-10(7-12)4-5-13(9)8-11-3-2-6-14-11/h2-3,6,9-10H,4-5,7-8,12H2,1H3. The van der Waals surface area contributed by atoms with Crippen LogP contribution in [0.5, 0.6) is 0 Å². The van der Waals surface area contributed by atoms with Crippen LogP contribution < -0.4 is 5.73 Å². The van der Waals surface area contributed by atoms with Crippen molar-refractivity contribution in [3.05, 3.63) is 24.2 Å². The Morgan fingerprint density at radius 3 is 3.07 bits per heavy atom. The molecule has 0 radical (unpaired) electrons. The van der Waals surface area contributed by atoms with Gasteiger partial charge in [0.15, 0.2) is 0 Å². The SMILES string of the molecule is CC1C(CN)CCN1Cc1ccco1. The lowest BCUT2D eigenvalue weighted by molar-refractivity contribution is 0.218. The quantitative estimate of drug-likeness (QED) is 0.792. The van der Waals surface area contributed by atoms with Gasteiger partial charge in [0.1, 0.15) is 5.76 Å². The molecular formula is C11H18N2O. The Labute approximate surface area is 84.9 Å². The number of rotatable bonds is 3. The van der Waals surface area contributed by atoms with Crippen molar-refractivity contribution in [2.75, 3.05) is 13.1 Å². The Bertz CT molecular complexity index is 271. The highest BCUT2D eigenvalue weighted by Gasteiger charge is 2.29. The second kappa shape index (κ2) is 4.15. The molecular weight excluding hydrogens is 176 g/mol. The summed E-state index contributed by atoms with van der Waals surface area (Å²) in [5, 5.41) is 0. The number of hydrogen-bond donors (Lipinski definition) is 1. The van der Waals surface area contributed by atoms with E-state index < -0.39 is 0 Å². The molecule has 1 aromatic heterocycles. The summed E-state index contributed by atoms with van der Waals surface area (Å²) in [4.78, 5) is 2.44. The van der Waals surface area contributed by atoms with E-state index in [9.17, 15) is 0 Å². The summed E-state index contributed by atoms with van der Waals surface area (Å²) in [5.41, 5.74) is 5.71. The Morgan fingerprint density at radius 2 is 2.50 bits per heavy atom. The topological polar surface area (TPSA) is 42.4 Å². The molecule has 0 amide bonds. The maximum Gasteiger partial charge on any atom is 0.117 e. The lowest BCUT2D eigenvalue weighted by Crippen LogP contribution is -2.32. The molecule has 0 aromatic carbocycles. The van der Waals surface area contributed by atoms with Crippen molar-refractivity contribution < 1.29 is 4.42 Å². The molecule has 1 aromatic rings. The van der Waals surface area contributed by atoms with Gasteiger partial charge in [0.05, 0.1) is 12.8 Å². The molecule has 0 saturated carbocycles. The normalized spacial score (nSPS) is 28.4. The van der Waals surface area contributed by atoms with Crippen LogP contribution in [0, 0.1) is 5.92 Å². The van der Waals surface area contributed by atoms with Crippen LogP contribution in [0.2, 0.25) is 0 Å². The van der Waals surface area contributed by atoms with Gasteiger partial charge in [-0.3, -0.25) is 4.90 Å². The molecule has 2 N–H and O–H groups in total. The van der Waals surface area contributed by atoms with Gasteiger partial charge < -0.3 is 10.2 Å². The Morgan fingerprint density at radius 1 is 1.64 bits per heavy atom. The fourth-order valence-corrected chi connectivity index (χ4v) is 2.22. The number of furan rings is 1. The van der Waals surface area contributed by atoms with Crippen LogP contribution in [0.4, 0.5) is 0 Å². The van der Waals surface area contributed by atoms with E-state index in [0.29, 0.717) is 12.0 Å². The van der Waals surface area contributed by atoms with Gasteiger partial charge in [0, 0.05) is 6.04 Å².